The predicted octanol–water partition coefficient (Wildman–Crippen LogP) is 2.83. The highest BCUT2D eigenvalue weighted by Crippen LogP contribution is 2.17. The van der Waals surface area contributed by atoms with Crippen LogP contribution in [-0.4, -0.2) is 33.1 Å². The Hall–Kier alpha value is -4.01. The fourth-order valence-corrected chi connectivity index (χ4v) is 3.15. The molecule has 1 heterocycles. The smallest absolute Gasteiger partial charge is 0.269 e. The Labute approximate surface area is 179 Å². The van der Waals surface area contributed by atoms with Gasteiger partial charge < -0.3 is 10.6 Å². The van der Waals surface area contributed by atoms with Gasteiger partial charge in [-0.05, 0) is 38.1 Å². The molecule has 160 valence electrons. The molecular weight excluding hydrogens is 398 g/mol. The minimum absolute atomic E-state index is 0.0860. The number of rotatable bonds is 8. The molecule has 0 aliphatic carbocycles. The second-order valence-corrected chi connectivity index (χ2v) is 6.98. The maximum atomic E-state index is 12.2. The first-order valence-corrected chi connectivity index (χ1v) is 9.76. The highest BCUT2D eigenvalue weighted by molar-refractivity contribution is 5.94. The number of aryl methyl sites for hydroxylation is 1. The van der Waals surface area contributed by atoms with Crippen LogP contribution < -0.4 is 10.6 Å². The van der Waals surface area contributed by atoms with Crippen LogP contribution in [0.2, 0.25) is 0 Å². The molecular formula is C22H23N5O4. The van der Waals surface area contributed by atoms with E-state index in [0.29, 0.717) is 12.1 Å². The Bertz CT molecular complexity index is 1090. The van der Waals surface area contributed by atoms with Crippen LogP contribution in [0, 0.1) is 24.0 Å². The summed E-state index contributed by atoms with van der Waals surface area (Å²) in [5.74, 6) is -0.589. The Morgan fingerprint density at radius 2 is 1.71 bits per heavy atom. The Morgan fingerprint density at radius 3 is 2.35 bits per heavy atom. The van der Waals surface area contributed by atoms with Gasteiger partial charge in [0.15, 0.2) is 0 Å². The number of benzene rings is 2. The van der Waals surface area contributed by atoms with Crippen LogP contribution in [0.4, 0.5) is 5.69 Å². The third kappa shape index (κ3) is 5.33. The minimum Gasteiger partial charge on any atom is -0.352 e. The molecule has 1 aromatic heterocycles. The zero-order chi connectivity index (χ0) is 22.4. The lowest BCUT2D eigenvalue weighted by molar-refractivity contribution is -0.384. The number of amides is 2. The van der Waals surface area contributed by atoms with E-state index < -0.39 is 10.8 Å². The summed E-state index contributed by atoms with van der Waals surface area (Å²) in [6.07, 6.45) is 0.115. The Balaban J connectivity index is 1.49. The van der Waals surface area contributed by atoms with E-state index in [4.69, 9.17) is 0 Å². The van der Waals surface area contributed by atoms with Gasteiger partial charge in [-0.25, -0.2) is 4.68 Å². The zero-order valence-corrected chi connectivity index (χ0v) is 17.3. The van der Waals surface area contributed by atoms with Crippen molar-refractivity contribution in [2.24, 2.45) is 0 Å². The van der Waals surface area contributed by atoms with Crippen molar-refractivity contribution in [1.29, 1.82) is 0 Å². The number of nitrogens with zero attached hydrogens (tertiary/aromatic N) is 3. The van der Waals surface area contributed by atoms with E-state index >= 15 is 0 Å². The van der Waals surface area contributed by atoms with Crippen LogP contribution in [0.5, 0.6) is 0 Å². The van der Waals surface area contributed by atoms with Crippen molar-refractivity contribution in [1.82, 2.24) is 20.4 Å². The van der Waals surface area contributed by atoms with Crippen molar-refractivity contribution in [2.45, 2.75) is 26.8 Å². The van der Waals surface area contributed by atoms with E-state index in [9.17, 15) is 19.7 Å². The number of nitrogens with one attached hydrogen (secondary N) is 2. The van der Waals surface area contributed by atoms with Crippen molar-refractivity contribution in [3.63, 3.8) is 0 Å². The molecule has 0 unspecified atom stereocenters. The van der Waals surface area contributed by atoms with Gasteiger partial charge in [0, 0.05) is 48.5 Å². The molecule has 0 spiro atoms. The summed E-state index contributed by atoms with van der Waals surface area (Å²) in [6.45, 7) is 4.36. The van der Waals surface area contributed by atoms with Crippen LogP contribution in [0.25, 0.3) is 5.69 Å². The highest BCUT2D eigenvalue weighted by atomic mass is 16.6. The summed E-state index contributed by atoms with van der Waals surface area (Å²) in [5.41, 5.74) is 3.91. The summed E-state index contributed by atoms with van der Waals surface area (Å²) >= 11 is 0. The van der Waals surface area contributed by atoms with Crippen LogP contribution in [0.1, 0.15) is 33.7 Å². The molecule has 2 amide bonds. The number of para-hydroxylation sites is 1. The first-order valence-electron chi connectivity index (χ1n) is 9.76. The highest BCUT2D eigenvalue weighted by Gasteiger charge is 2.14. The first-order chi connectivity index (χ1) is 14.9. The topological polar surface area (TPSA) is 119 Å². The molecule has 0 bridgehead atoms. The van der Waals surface area contributed by atoms with Crippen molar-refractivity contribution < 1.29 is 14.5 Å². The molecule has 0 saturated heterocycles. The number of carbonyl (C=O) groups is 2. The Morgan fingerprint density at radius 1 is 1.03 bits per heavy atom. The average Bonchev–Trinajstić information content (AvgIpc) is 3.06. The normalized spacial score (nSPS) is 10.5. The molecule has 0 saturated carbocycles. The monoisotopic (exact) mass is 421 g/mol. The van der Waals surface area contributed by atoms with E-state index in [0.717, 1.165) is 22.6 Å². The van der Waals surface area contributed by atoms with Gasteiger partial charge >= 0.3 is 0 Å². The van der Waals surface area contributed by atoms with E-state index in [1.165, 1.54) is 24.3 Å². The van der Waals surface area contributed by atoms with Crippen molar-refractivity contribution in [3.8, 4) is 5.69 Å². The third-order valence-electron chi connectivity index (χ3n) is 4.88. The molecule has 0 atom stereocenters. The van der Waals surface area contributed by atoms with Crippen LogP contribution in [0.3, 0.4) is 0 Å². The maximum absolute atomic E-state index is 12.2. The summed E-state index contributed by atoms with van der Waals surface area (Å²) in [4.78, 5) is 34.4. The fourth-order valence-electron chi connectivity index (χ4n) is 3.15. The van der Waals surface area contributed by atoms with Gasteiger partial charge in [-0.3, -0.25) is 19.7 Å². The minimum atomic E-state index is -0.529. The van der Waals surface area contributed by atoms with Gasteiger partial charge in [0.2, 0.25) is 5.91 Å². The molecule has 0 fully saturated rings. The number of non-ortho nitro benzene ring substituents is 1. The summed E-state index contributed by atoms with van der Waals surface area (Å²) < 4.78 is 1.85. The van der Waals surface area contributed by atoms with Gasteiger partial charge in [-0.1, -0.05) is 18.2 Å². The quantitative estimate of drug-likeness (QED) is 0.428. The van der Waals surface area contributed by atoms with E-state index in [1.807, 2.05) is 48.9 Å². The number of hydrogen-bond acceptors (Lipinski definition) is 5. The molecule has 3 rings (SSSR count). The van der Waals surface area contributed by atoms with Gasteiger partial charge in [-0.15, -0.1) is 0 Å². The lowest BCUT2D eigenvalue weighted by Crippen LogP contribution is -2.30. The van der Waals surface area contributed by atoms with Gasteiger partial charge in [0.1, 0.15) is 0 Å². The molecule has 0 aliphatic rings. The second kappa shape index (κ2) is 9.66. The number of hydrogen-bond donors (Lipinski definition) is 2. The number of carbonyl (C=O) groups excluding carboxylic acids is 2. The van der Waals surface area contributed by atoms with Gasteiger partial charge in [0.25, 0.3) is 11.6 Å². The van der Waals surface area contributed by atoms with Gasteiger partial charge in [-0.2, -0.15) is 5.10 Å². The van der Waals surface area contributed by atoms with Crippen molar-refractivity contribution in [2.75, 3.05) is 6.54 Å². The molecule has 3 aromatic rings. The number of nitro groups is 1. The summed E-state index contributed by atoms with van der Waals surface area (Å²) in [6, 6.07) is 15.1. The van der Waals surface area contributed by atoms with Crippen molar-refractivity contribution >= 4 is 17.5 Å². The SMILES string of the molecule is Cc1nn(-c2ccccc2)c(C)c1CNC(=O)CCNC(=O)c1ccc([N+](=O)[O-])cc1. The third-order valence-corrected chi connectivity index (χ3v) is 4.88. The van der Waals surface area contributed by atoms with Gasteiger partial charge in [0.05, 0.1) is 16.3 Å². The Kier molecular flexibility index (Phi) is 6.76. The van der Waals surface area contributed by atoms with Crippen LogP contribution in [-0.2, 0) is 11.3 Å². The first kappa shape index (κ1) is 21.7. The maximum Gasteiger partial charge on any atom is 0.269 e. The molecule has 2 N–H and O–H groups in total. The molecule has 0 aliphatic heterocycles. The lowest BCUT2D eigenvalue weighted by Gasteiger charge is -2.08. The lowest BCUT2D eigenvalue weighted by atomic mass is 10.2. The number of aromatic nitrogens is 2. The average molecular weight is 421 g/mol. The summed E-state index contributed by atoms with van der Waals surface area (Å²) in [7, 11) is 0. The summed E-state index contributed by atoms with van der Waals surface area (Å²) in [5, 5.41) is 20.7. The molecule has 0 radical (unpaired) electrons. The number of nitro benzene ring substituents is 1. The van der Waals surface area contributed by atoms with E-state index in [-0.39, 0.29) is 24.6 Å². The molecule has 9 heteroatoms. The fraction of sp³-hybridized carbons (Fsp3) is 0.227. The largest absolute Gasteiger partial charge is 0.352 e. The zero-order valence-electron chi connectivity index (χ0n) is 17.3. The molecule has 2 aromatic carbocycles. The molecule has 31 heavy (non-hydrogen) atoms. The second-order valence-electron chi connectivity index (χ2n) is 6.98. The van der Waals surface area contributed by atoms with Crippen LogP contribution >= 0.6 is 0 Å². The predicted molar refractivity (Wildman–Crippen MR) is 115 cm³/mol. The van der Waals surface area contributed by atoms with E-state index in [1.54, 1.807) is 0 Å². The molecule has 9 nitrogen and oxygen atoms in total. The van der Waals surface area contributed by atoms with Crippen molar-refractivity contribution in [3.05, 3.63) is 87.2 Å². The standard InChI is InChI=1S/C22H23N5O4/c1-15-20(16(2)26(25-15)18-6-4-3-5-7-18)14-24-21(28)12-13-23-22(29)17-8-10-19(11-9-17)27(30)31/h3-11H,12-14H2,1-2H3,(H,23,29)(H,24,28). The van der Waals surface area contributed by atoms with E-state index in [2.05, 4.69) is 15.7 Å². The van der Waals surface area contributed by atoms with Crippen LogP contribution in [0.15, 0.2) is 54.6 Å².